The number of carbonyl (C=O) groups excluding carboxylic acids is 2. The van der Waals surface area contributed by atoms with Gasteiger partial charge < -0.3 is 20.1 Å². The second-order valence-electron chi connectivity index (χ2n) is 5.11. The van der Waals surface area contributed by atoms with Crippen LogP contribution in [0.15, 0.2) is 42.5 Å². The van der Waals surface area contributed by atoms with Crippen LogP contribution in [0.4, 0.5) is 17.1 Å². The molecule has 0 aromatic heterocycles. The molecular weight excluding hydrogens is 342 g/mol. The van der Waals surface area contributed by atoms with Gasteiger partial charge in [0.25, 0.3) is 5.69 Å². The summed E-state index contributed by atoms with van der Waals surface area (Å²) in [6, 6.07) is 10.3. The Kier molecular flexibility index (Phi) is 6.10. The van der Waals surface area contributed by atoms with Crippen LogP contribution < -0.4 is 15.4 Å². The van der Waals surface area contributed by atoms with E-state index in [-0.39, 0.29) is 23.9 Å². The molecule has 136 valence electrons. The number of nitro groups is 1. The zero-order chi connectivity index (χ0) is 19.1. The molecule has 0 bridgehead atoms. The summed E-state index contributed by atoms with van der Waals surface area (Å²) in [6.07, 6.45) is 0. The highest BCUT2D eigenvalue weighted by Gasteiger charge is 2.13. The summed E-state index contributed by atoms with van der Waals surface area (Å²) in [4.78, 5) is 33.6. The van der Waals surface area contributed by atoms with E-state index in [2.05, 4.69) is 15.4 Å². The number of nitro benzene ring substituents is 1. The molecule has 0 atom stereocenters. The van der Waals surface area contributed by atoms with E-state index >= 15 is 0 Å². The van der Waals surface area contributed by atoms with Gasteiger partial charge in [0.05, 0.1) is 43.0 Å². The first-order chi connectivity index (χ1) is 12.4. The normalized spacial score (nSPS) is 9.92. The van der Waals surface area contributed by atoms with Crippen molar-refractivity contribution in [1.29, 1.82) is 0 Å². The molecule has 0 unspecified atom stereocenters. The molecule has 2 rings (SSSR count). The second-order valence-corrected chi connectivity index (χ2v) is 5.11. The minimum absolute atomic E-state index is 0.0439. The van der Waals surface area contributed by atoms with Gasteiger partial charge in [-0.25, -0.2) is 4.79 Å². The third-order valence-corrected chi connectivity index (χ3v) is 3.43. The molecule has 0 heterocycles. The number of methoxy groups -OCH3 is 2. The highest BCUT2D eigenvalue weighted by Crippen LogP contribution is 2.28. The van der Waals surface area contributed by atoms with Crippen molar-refractivity contribution < 1.29 is 24.0 Å². The lowest BCUT2D eigenvalue weighted by molar-refractivity contribution is -0.384. The molecule has 9 nitrogen and oxygen atoms in total. The molecule has 2 N–H and O–H groups in total. The highest BCUT2D eigenvalue weighted by atomic mass is 16.6. The van der Waals surface area contributed by atoms with Crippen LogP contribution in [0.5, 0.6) is 5.75 Å². The van der Waals surface area contributed by atoms with Crippen molar-refractivity contribution in [3.05, 3.63) is 58.1 Å². The van der Waals surface area contributed by atoms with Crippen molar-refractivity contribution in [1.82, 2.24) is 0 Å². The van der Waals surface area contributed by atoms with Crippen LogP contribution >= 0.6 is 0 Å². The molecule has 1 amide bonds. The van der Waals surface area contributed by atoms with Gasteiger partial charge >= 0.3 is 5.97 Å². The third-order valence-electron chi connectivity index (χ3n) is 3.43. The SMILES string of the molecule is COC(=O)c1ccc(NCC(=O)Nc2ccc([N+](=O)[O-])cc2OC)cc1. The lowest BCUT2D eigenvalue weighted by atomic mass is 10.2. The summed E-state index contributed by atoms with van der Waals surface area (Å²) in [6.45, 7) is -0.0439. The van der Waals surface area contributed by atoms with E-state index in [1.165, 1.54) is 32.4 Å². The molecule has 0 radical (unpaired) electrons. The maximum absolute atomic E-state index is 12.1. The molecule has 2 aromatic carbocycles. The first-order valence-corrected chi connectivity index (χ1v) is 7.49. The van der Waals surface area contributed by atoms with E-state index in [0.717, 1.165) is 0 Å². The molecule has 0 aliphatic carbocycles. The van der Waals surface area contributed by atoms with Gasteiger partial charge in [0, 0.05) is 11.8 Å². The van der Waals surface area contributed by atoms with Crippen molar-refractivity contribution >= 4 is 28.9 Å². The van der Waals surface area contributed by atoms with Crippen molar-refractivity contribution in [3.63, 3.8) is 0 Å². The van der Waals surface area contributed by atoms with Crippen LogP contribution in [0, 0.1) is 10.1 Å². The predicted molar refractivity (Wildman–Crippen MR) is 94.5 cm³/mol. The smallest absolute Gasteiger partial charge is 0.337 e. The number of non-ortho nitro benzene ring substituents is 1. The lowest BCUT2D eigenvalue weighted by Crippen LogP contribution is -2.22. The van der Waals surface area contributed by atoms with Crippen LogP contribution in [0.3, 0.4) is 0 Å². The lowest BCUT2D eigenvalue weighted by Gasteiger charge is -2.11. The molecular formula is C17H17N3O6. The summed E-state index contributed by atoms with van der Waals surface area (Å²) < 4.78 is 9.67. The number of amides is 1. The molecule has 2 aromatic rings. The quantitative estimate of drug-likeness (QED) is 0.442. The maximum Gasteiger partial charge on any atom is 0.337 e. The number of hydrogen-bond acceptors (Lipinski definition) is 7. The van der Waals surface area contributed by atoms with E-state index in [0.29, 0.717) is 16.9 Å². The zero-order valence-electron chi connectivity index (χ0n) is 14.1. The van der Waals surface area contributed by atoms with Crippen LogP contribution in [-0.2, 0) is 9.53 Å². The Morgan fingerprint density at radius 1 is 1.12 bits per heavy atom. The van der Waals surface area contributed by atoms with Crippen molar-refractivity contribution in [3.8, 4) is 5.75 Å². The van der Waals surface area contributed by atoms with Gasteiger partial charge in [-0.05, 0) is 30.3 Å². The van der Waals surface area contributed by atoms with Crippen molar-refractivity contribution in [2.45, 2.75) is 0 Å². The number of rotatable bonds is 7. The molecule has 0 spiro atoms. The number of nitrogens with zero attached hydrogens (tertiary/aromatic N) is 1. The van der Waals surface area contributed by atoms with Crippen LogP contribution in [0.1, 0.15) is 10.4 Å². The molecule has 0 aliphatic heterocycles. The minimum Gasteiger partial charge on any atom is -0.494 e. The number of hydrogen-bond donors (Lipinski definition) is 2. The van der Waals surface area contributed by atoms with Gasteiger partial charge in [0.1, 0.15) is 5.75 Å². The van der Waals surface area contributed by atoms with E-state index in [1.54, 1.807) is 24.3 Å². The van der Waals surface area contributed by atoms with Crippen molar-refractivity contribution in [2.75, 3.05) is 31.4 Å². The minimum atomic E-state index is -0.548. The van der Waals surface area contributed by atoms with E-state index in [4.69, 9.17) is 4.74 Å². The first kappa shape index (κ1) is 18.7. The molecule has 0 aliphatic rings. The summed E-state index contributed by atoms with van der Waals surface area (Å²) in [5.41, 5.74) is 1.23. The Hall–Kier alpha value is -3.62. The number of ether oxygens (including phenoxy) is 2. The molecule has 0 fully saturated rings. The van der Waals surface area contributed by atoms with E-state index < -0.39 is 10.9 Å². The average molecular weight is 359 g/mol. The van der Waals surface area contributed by atoms with Crippen LogP contribution in [-0.4, -0.2) is 37.6 Å². The monoisotopic (exact) mass is 359 g/mol. The molecule has 26 heavy (non-hydrogen) atoms. The Morgan fingerprint density at radius 2 is 1.81 bits per heavy atom. The summed E-state index contributed by atoms with van der Waals surface area (Å²) in [5.74, 6) is -0.622. The molecule has 0 saturated heterocycles. The topological polar surface area (TPSA) is 120 Å². The Labute approximate surface area is 149 Å². The van der Waals surface area contributed by atoms with Gasteiger partial charge in [-0.1, -0.05) is 0 Å². The predicted octanol–water partition coefficient (Wildman–Crippen LogP) is 2.44. The standard InChI is InChI=1S/C17H17N3O6/c1-25-15-9-13(20(23)24)7-8-14(15)19-16(21)10-18-12-5-3-11(4-6-12)17(22)26-2/h3-9,18H,10H2,1-2H3,(H,19,21). The highest BCUT2D eigenvalue weighted by molar-refractivity contribution is 5.95. The number of anilines is 2. The summed E-state index contributed by atoms with van der Waals surface area (Å²) >= 11 is 0. The Bertz CT molecular complexity index is 820. The first-order valence-electron chi connectivity index (χ1n) is 7.49. The van der Waals surface area contributed by atoms with Gasteiger partial charge in [0.2, 0.25) is 5.91 Å². The number of benzene rings is 2. The largest absolute Gasteiger partial charge is 0.494 e. The molecule has 9 heteroatoms. The fourth-order valence-electron chi connectivity index (χ4n) is 2.12. The van der Waals surface area contributed by atoms with Crippen LogP contribution in [0.2, 0.25) is 0 Å². The number of carbonyl (C=O) groups is 2. The van der Waals surface area contributed by atoms with Crippen molar-refractivity contribution in [2.24, 2.45) is 0 Å². The summed E-state index contributed by atoms with van der Waals surface area (Å²) in [5, 5.41) is 16.3. The second kappa shape index (κ2) is 8.47. The average Bonchev–Trinajstić information content (AvgIpc) is 2.66. The Morgan fingerprint density at radius 3 is 2.38 bits per heavy atom. The summed E-state index contributed by atoms with van der Waals surface area (Å²) in [7, 11) is 2.65. The van der Waals surface area contributed by atoms with Crippen LogP contribution in [0.25, 0.3) is 0 Å². The van der Waals surface area contributed by atoms with Gasteiger partial charge in [-0.15, -0.1) is 0 Å². The van der Waals surface area contributed by atoms with Gasteiger partial charge in [-0.3, -0.25) is 14.9 Å². The van der Waals surface area contributed by atoms with E-state index in [9.17, 15) is 19.7 Å². The zero-order valence-corrected chi connectivity index (χ0v) is 14.1. The van der Waals surface area contributed by atoms with E-state index in [1.807, 2.05) is 0 Å². The fourth-order valence-corrected chi connectivity index (χ4v) is 2.12. The number of nitrogens with one attached hydrogen (secondary N) is 2. The fraction of sp³-hybridized carbons (Fsp3) is 0.176. The third kappa shape index (κ3) is 4.69. The van der Waals surface area contributed by atoms with Gasteiger partial charge in [0.15, 0.2) is 0 Å². The van der Waals surface area contributed by atoms with Gasteiger partial charge in [-0.2, -0.15) is 0 Å². The number of esters is 1. The molecule has 0 saturated carbocycles. The maximum atomic E-state index is 12.1. The Balaban J connectivity index is 1.96.